The zero-order chi connectivity index (χ0) is 12.3. The van der Waals surface area contributed by atoms with E-state index in [1.807, 2.05) is 12.1 Å². The Bertz CT molecular complexity index is 469. The van der Waals surface area contributed by atoms with Crippen molar-refractivity contribution in [2.24, 2.45) is 0 Å². The van der Waals surface area contributed by atoms with Crippen molar-refractivity contribution < 1.29 is 4.74 Å². The Morgan fingerprint density at radius 1 is 1.06 bits per heavy atom. The molecule has 0 spiro atoms. The molecule has 1 aromatic carbocycles. The lowest BCUT2D eigenvalue weighted by Gasteiger charge is -2.19. The van der Waals surface area contributed by atoms with Crippen molar-refractivity contribution >= 4 is 0 Å². The maximum absolute atomic E-state index is 5.61. The lowest BCUT2D eigenvalue weighted by molar-refractivity contribution is 0.462. The summed E-state index contributed by atoms with van der Waals surface area (Å²) in [6, 6.07) is 14.5. The van der Waals surface area contributed by atoms with Crippen molar-refractivity contribution in [2.45, 2.75) is 26.2 Å². The molecule has 87 valence electrons. The number of pyridine rings is 1. The zero-order valence-electron chi connectivity index (χ0n) is 10.4. The minimum atomic E-state index is 0.165. The third-order valence-electron chi connectivity index (χ3n) is 2.53. The van der Waals surface area contributed by atoms with E-state index in [1.165, 1.54) is 5.56 Å². The first-order valence-corrected chi connectivity index (χ1v) is 5.66. The van der Waals surface area contributed by atoms with Gasteiger partial charge in [0.2, 0.25) is 5.88 Å². The largest absolute Gasteiger partial charge is 0.439 e. The van der Waals surface area contributed by atoms with Crippen LogP contribution in [-0.2, 0) is 5.41 Å². The fourth-order valence-electron chi connectivity index (χ4n) is 1.51. The van der Waals surface area contributed by atoms with Crippen molar-refractivity contribution in [1.82, 2.24) is 4.98 Å². The monoisotopic (exact) mass is 226 g/mol. The van der Waals surface area contributed by atoms with Gasteiger partial charge in [0.15, 0.2) is 0 Å². The number of benzene rings is 1. The summed E-state index contributed by atoms with van der Waals surface area (Å²) in [5.41, 5.74) is 1.46. The number of rotatable bonds is 2. The Morgan fingerprint density at radius 2 is 1.76 bits per heavy atom. The second-order valence-corrected chi connectivity index (χ2v) is 4.97. The maximum atomic E-state index is 5.61. The van der Waals surface area contributed by atoms with Crippen LogP contribution in [0, 0.1) is 6.07 Å². The average molecular weight is 226 g/mol. The first-order valence-electron chi connectivity index (χ1n) is 5.66. The highest BCUT2D eigenvalue weighted by atomic mass is 16.5. The smallest absolute Gasteiger partial charge is 0.219 e. The Morgan fingerprint density at radius 3 is 2.29 bits per heavy atom. The molecule has 1 aromatic heterocycles. The van der Waals surface area contributed by atoms with Crippen molar-refractivity contribution in [3.8, 4) is 11.6 Å². The molecule has 0 amide bonds. The van der Waals surface area contributed by atoms with E-state index in [-0.39, 0.29) is 5.41 Å². The van der Waals surface area contributed by atoms with E-state index in [0.717, 1.165) is 5.75 Å². The van der Waals surface area contributed by atoms with E-state index in [4.69, 9.17) is 4.74 Å². The minimum Gasteiger partial charge on any atom is -0.439 e. The van der Waals surface area contributed by atoms with Gasteiger partial charge in [0.05, 0.1) is 0 Å². The van der Waals surface area contributed by atoms with Crippen molar-refractivity contribution in [3.63, 3.8) is 0 Å². The van der Waals surface area contributed by atoms with E-state index >= 15 is 0 Å². The van der Waals surface area contributed by atoms with Gasteiger partial charge in [-0.2, -0.15) is 0 Å². The van der Waals surface area contributed by atoms with Gasteiger partial charge in [-0.15, -0.1) is 0 Å². The molecule has 0 N–H and O–H groups in total. The summed E-state index contributed by atoms with van der Waals surface area (Å²) in [4.78, 5) is 4.07. The molecule has 2 rings (SSSR count). The average Bonchev–Trinajstić information content (AvgIpc) is 2.30. The molecule has 2 nitrogen and oxygen atoms in total. The maximum Gasteiger partial charge on any atom is 0.219 e. The van der Waals surface area contributed by atoms with Crippen molar-refractivity contribution in [2.75, 3.05) is 0 Å². The van der Waals surface area contributed by atoms with Crippen LogP contribution in [0.15, 0.2) is 42.6 Å². The van der Waals surface area contributed by atoms with Crippen LogP contribution in [0.3, 0.4) is 0 Å². The molecule has 0 saturated carbocycles. The molecule has 0 fully saturated rings. The van der Waals surface area contributed by atoms with Gasteiger partial charge in [0, 0.05) is 18.3 Å². The highest BCUT2D eigenvalue weighted by Gasteiger charge is 2.13. The van der Waals surface area contributed by atoms with Crippen LogP contribution >= 0.6 is 0 Å². The highest BCUT2D eigenvalue weighted by Crippen LogP contribution is 2.25. The number of aromatic nitrogens is 1. The second-order valence-electron chi connectivity index (χ2n) is 4.97. The molecule has 0 bridgehead atoms. The molecule has 1 radical (unpaired) electrons. The van der Waals surface area contributed by atoms with Gasteiger partial charge < -0.3 is 4.74 Å². The first kappa shape index (κ1) is 11.6. The van der Waals surface area contributed by atoms with Crippen LogP contribution in [0.2, 0.25) is 0 Å². The zero-order valence-corrected chi connectivity index (χ0v) is 10.4. The van der Waals surface area contributed by atoms with Gasteiger partial charge in [0.1, 0.15) is 5.75 Å². The standard InChI is InChI=1S/C15H16NO/c1-15(2,3)12-7-9-13(10-8-12)17-14-6-4-5-11-16-14/h4,6-11H,1-3H3. The van der Waals surface area contributed by atoms with E-state index in [1.54, 1.807) is 18.3 Å². The molecule has 0 unspecified atom stereocenters. The summed E-state index contributed by atoms with van der Waals surface area (Å²) in [5, 5.41) is 0. The lowest BCUT2D eigenvalue weighted by atomic mass is 9.87. The number of hydrogen-bond donors (Lipinski definition) is 0. The number of ether oxygens (including phenoxy) is 1. The molecule has 0 aliphatic heterocycles. The van der Waals surface area contributed by atoms with Gasteiger partial charge in [0.25, 0.3) is 0 Å². The molecule has 0 atom stereocenters. The normalized spacial score (nSPS) is 11.2. The molecule has 1 heterocycles. The van der Waals surface area contributed by atoms with Crippen LogP contribution < -0.4 is 4.74 Å². The van der Waals surface area contributed by atoms with E-state index in [0.29, 0.717) is 5.88 Å². The van der Waals surface area contributed by atoms with Gasteiger partial charge in [-0.3, -0.25) is 0 Å². The number of hydrogen-bond acceptors (Lipinski definition) is 2. The number of nitrogens with zero attached hydrogens (tertiary/aromatic N) is 1. The lowest BCUT2D eigenvalue weighted by Crippen LogP contribution is -2.10. The predicted molar refractivity (Wildman–Crippen MR) is 68.3 cm³/mol. The minimum absolute atomic E-state index is 0.165. The quantitative estimate of drug-likeness (QED) is 0.773. The summed E-state index contributed by atoms with van der Waals surface area (Å²) in [5.74, 6) is 1.39. The topological polar surface area (TPSA) is 22.1 Å². The van der Waals surface area contributed by atoms with Crippen molar-refractivity contribution in [1.29, 1.82) is 0 Å². The predicted octanol–water partition coefficient (Wildman–Crippen LogP) is 3.97. The molecule has 0 aliphatic rings. The molecule has 2 heteroatoms. The van der Waals surface area contributed by atoms with Crippen LogP contribution in [0.25, 0.3) is 0 Å². The van der Waals surface area contributed by atoms with Gasteiger partial charge >= 0.3 is 0 Å². The summed E-state index contributed by atoms with van der Waals surface area (Å²) in [7, 11) is 0. The molecular weight excluding hydrogens is 210 g/mol. The Kier molecular flexibility index (Phi) is 3.14. The molecule has 2 aromatic rings. The fraction of sp³-hybridized carbons (Fsp3) is 0.267. The summed E-state index contributed by atoms with van der Waals surface area (Å²) < 4.78 is 5.61. The van der Waals surface area contributed by atoms with Gasteiger partial charge in [-0.05, 0) is 29.2 Å². The van der Waals surface area contributed by atoms with E-state index in [2.05, 4.69) is 44.0 Å². The fourth-order valence-corrected chi connectivity index (χ4v) is 1.51. The summed E-state index contributed by atoms with van der Waals surface area (Å²) in [6.45, 7) is 6.58. The van der Waals surface area contributed by atoms with E-state index < -0.39 is 0 Å². The highest BCUT2D eigenvalue weighted by molar-refractivity contribution is 5.33. The van der Waals surface area contributed by atoms with Crippen LogP contribution in [-0.4, -0.2) is 4.98 Å². The molecular formula is C15H16NO. The third-order valence-corrected chi connectivity index (χ3v) is 2.53. The first-order chi connectivity index (χ1) is 8.05. The van der Waals surface area contributed by atoms with Crippen LogP contribution in [0.4, 0.5) is 0 Å². The Balaban J connectivity index is 2.14. The Labute approximate surface area is 102 Å². The molecule has 0 aliphatic carbocycles. The Hall–Kier alpha value is -1.83. The van der Waals surface area contributed by atoms with Gasteiger partial charge in [-0.25, -0.2) is 4.98 Å². The summed E-state index contributed by atoms with van der Waals surface area (Å²) in [6.07, 6.45) is 1.60. The second kappa shape index (κ2) is 4.58. The molecule has 0 saturated heterocycles. The van der Waals surface area contributed by atoms with Crippen LogP contribution in [0.5, 0.6) is 11.6 Å². The van der Waals surface area contributed by atoms with Gasteiger partial charge in [-0.1, -0.05) is 32.9 Å². The SMILES string of the molecule is CC(C)(C)c1ccc(Oc2cc[c]cn2)cc1. The molecule has 17 heavy (non-hydrogen) atoms. The van der Waals surface area contributed by atoms with E-state index in [9.17, 15) is 0 Å². The third kappa shape index (κ3) is 3.06. The summed E-state index contributed by atoms with van der Waals surface area (Å²) >= 11 is 0. The van der Waals surface area contributed by atoms with Crippen LogP contribution in [0.1, 0.15) is 26.3 Å². The van der Waals surface area contributed by atoms with Crippen molar-refractivity contribution in [3.05, 3.63) is 54.2 Å².